The summed E-state index contributed by atoms with van der Waals surface area (Å²) in [5, 5.41) is 2.63. The van der Waals surface area contributed by atoms with Crippen LogP contribution >= 0.6 is 0 Å². The summed E-state index contributed by atoms with van der Waals surface area (Å²) in [6.45, 7) is -0.0861. The zero-order valence-corrected chi connectivity index (χ0v) is 14.0. The smallest absolute Gasteiger partial charge is 0.354 e. The van der Waals surface area contributed by atoms with Crippen molar-refractivity contribution >= 4 is 21.6 Å². The van der Waals surface area contributed by atoms with Crippen LogP contribution in [0.4, 0.5) is 18.9 Å². The molecule has 1 aliphatic rings. The summed E-state index contributed by atoms with van der Waals surface area (Å²) in [4.78, 5) is 11.8. The van der Waals surface area contributed by atoms with Crippen molar-refractivity contribution in [2.45, 2.75) is 25.4 Å². The number of rotatable bonds is 6. The van der Waals surface area contributed by atoms with Gasteiger partial charge in [-0.3, -0.25) is 9.10 Å². The van der Waals surface area contributed by atoms with Gasteiger partial charge in [0.05, 0.1) is 24.1 Å². The summed E-state index contributed by atoms with van der Waals surface area (Å²) >= 11 is 0. The number of alkyl halides is 3. The van der Waals surface area contributed by atoms with Gasteiger partial charge in [0.2, 0.25) is 15.9 Å². The summed E-state index contributed by atoms with van der Waals surface area (Å²) < 4.78 is 63.1. The van der Waals surface area contributed by atoms with Crippen LogP contribution in [-0.4, -0.2) is 33.7 Å². The molecule has 2 rings (SSSR count). The molecule has 1 saturated carbocycles. The molecule has 0 spiro atoms. The number of anilines is 1. The summed E-state index contributed by atoms with van der Waals surface area (Å²) in [6, 6.07) is 4.12. The Kier molecular flexibility index (Phi) is 5.42. The second-order valence-electron chi connectivity index (χ2n) is 5.80. The lowest BCUT2D eigenvalue weighted by Gasteiger charge is -2.26. The first-order valence-corrected chi connectivity index (χ1v) is 9.36. The molecular weight excluding hydrogens is 345 g/mol. The maximum Gasteiger partial charge on any atom is 0.416 e. The van der Waals surface area contributed by atoms with E-state index in [-0.39, 0.29) is 30.6 Å². The van der Waals surface area contributed by atoms with Gasteiger partial charge in [0, 0.05) is 12.5 Å². The van der Waals surface area contributed by atoms with E-state index in [1.807, 2.05) is 0 Å². The molecule has 1 amide bonds. The third-order valence-corrected chi connectivity index (χ3v) is 5.15. The van der Waals surface area contributed by atoms with Gasteiger partial charge in [-0.15, -0.1) is 0 Å². The first-order valence-electron chi connectivity index (χ1n) is 7.52. The van der Waals surface area contributed by atoms with Crippen LogP contribution in [0.3, 0.4) is 0 Å². The van der Waals surface area contributed by atoms with Crippen LogP contribution in [0, 0.1) is 5.92 Å². The fourth-order valence-electron chi connectivity index (χ4n) is 2.42. The molecule has 1 aliphatic carbocycles. The van der Waals surface area contributed by atoms with Crippen LogP contribution in [0.15, 0.2) is 24.3 Å². The van der Waals surface area contributed by atoms with E-state index in [0.717, 1.165) is 48.0 Å². The predicted molar refractivity (Wildman–Crippen MR) is 84.0 cm³/mol. The molecule has 0 heterocycles. The van der Waals surface area contributed by atoms with Crippen LogP contribution in [0.2, 0.25) is 0 Å². The summed E-state index contributed by atoms with van der Waals surface area (Å²) in [7, 11) is -3.78. The molecule has 9 heteroatoms. The molecule has 0 aliphatic heterocycles. The number of benzene rings is 1. The Morgan fingerprint density at radius 3 is 2.50 bits per heavy atom. The van der Waals surface area contributed by atoms with Crippen LogP contribution < -0.4 is 9.62 Å². The van der Waals surface area contributed by atoms with E-state index < -0.39 is 21.8 Å². The van der Waals surface area contributed by atoms with E-state index in [1.54, 1.807) is 0 Å². The molecule has 0 aromatic heterocycles. The molecular formula is C15H19F3N2O3S. The van der Waals surface area contributed by atoms with Crippen LogP contribution in [0.1, 0.15) is 24.8 Å². The van der Waals surface area contributed by atoms with Gasteiger partial charge in [0.1, 0.15) is 0 Å². The van der Waals surface area contributed by atoms with Gasteiger partial charge in [0.25, 0.3) is 0 Å². The van der Waals surface area contributed by atoms with E-state index in [4.69, 9.17) is 0 Å². The first kappa shape index (κ1) is 18.6. The second kappa shape index (κ2) is 7.00. The molecule has 24 heavy (non-hydrogen) atoms. The monoisotopic (exact) mass is 364 g/mol. The Morgan fingerprint density at radius 2 is 2.00 bits per heavy atom. The van der Waals surface area contributed by atoms with E-state index in [0.29, 0.717) is 0 Å². The number of carbonyl (C=O) groups excluding carboxylic acids is 1. The van der Waals surface area contributed by atoms with Crippen molar-refractivity contribution in [2.24, 2.45) is 5.92 Å². The van der Waals surface area contributed by atoms with Gasteiger partial charge >= 0.3 is 6.18 Å². The summed E-state index contributed by atoms with van der Waals surface area (Å²) in [6.07, 6.45) is -1.01. The minimum atomic E-state index is -4.56. The molecule has 0 radical (unpaired) electrons. The van der Waals surface area contributed by atoms with E-state index in [2.05, 4.69) is 5.32 Å². The molecule has 0 atom stereocenters. The molecule has 0 saturated heterocycles. The number of carbonyl (C=O) groups is 1. The average Bonchev–Trinajstić information content (AvgIpc) is 2.39. The summed E-state index contributed by atoms with van der Waals surface area (Å²) in [5.41, 5.74) is -1.00. The Labute approximate surface area is 138 Å². The Bertz CT molecular complexity index is 700. The van der Waals surface area contributed by atoms with E-state index >= 15 is 0 Å². The van der Waals surface area contributed by atoms with Crippen LogP contribution in [-0.2, 0) is 21.0 Å². The van der Waals surface area contributed by atoms with Gasteiger partial charge < -0.3 is 5.32 Å². The minimum Gasteiger partial charge on any atom is -0.354 e. The third kappa shape index (κ3) is 4.62. The fraction of sp³-hybridized carbons (Fsp3) is 0.533. The Morgan fingerprint density at radius 1 is 1.33 bits per heavy atom. The quantitative estimate of drug-likeness (QED) is 0.843. The highest BCUT2D eigenvalue weighted by atomic mass is 32.2. The van der Waals surface area contributed by atoms with Crippen molar-refractivity contribution in [2.75, 3.05) is 23.7 Å². The lowest BCUT2D eigenvalue weighted by molar-refractivity contribution is -0.137. The van der Waals surface area contributed by atoms with Crippen molar-refractivity contribution < 1.29 is 26.4 Å². The maximum absolute atomic E-state index is 12.8. The average molecular weight is 364 g/mol. The molecule has 1 N–H and O–H groups in total. The topological polar surface area (TPSA) is 66.5 Å². The summed E-state index contributed by atoms with van der Waals surface area (Å²) in [5.74, 6) is -0.177. The molecule has 134 valence electrons. The van der Waals surface area contributed by atoms with Crippen LogP contribution in [0.5, 0.6) is 0 Å². The molecule has 0 unspecified atom stereocenters. The van der Waals surface area contributed by atoms with Gasteiger partial charge in [-0.25, -0.2) is 8.42 Å². The Hall–Kier alpha value is -1.77. The predicted octanol–water partition coefficient (Wildman–Crippen LogP) is 2.39. The second-order valence-corrected chi connectivity index (χ2v) is 7.71. The molecule has 1 aromatic rings. The van der Waals surface area contributed by atoms with Crippen molar-refractivity contribution in [3.8, 4) is 0 Å². The Balaban J connectivity index is 2.10. The number of hydrogen-bond donors (Lipinski definition) is 1. The number of sulfonamides is 1. The molecule has 0 bridgehead atoms. The highest BCUT2D eigenvalue weighted by molar-refractivity contribution is 7.92. The molecule has 1 aromatic carbocycles. The zero-order valence-electron chi connectivity index (χ0n) is 13.1. The van der Waals surface area contributed by atoms with Gasteiger partial charge in [-0.1, -0.05) is 12.5 Å². The number of hydrogen-bond acceptors (Lipinski definition) is 3. The highest BCUT2D eigenvalue weighted by Gasteiger charge is 2.31. The number of nitrogens with zero attached hydrogens (tertiary/aromatic N) is 1. The zero-order chi connectivity index (χ0) is 18.0. The number of halogens is 3. The lowest BCUT2D eigenvalue weighted by Crippen LogP contribution is -2.41. The SMILES string of the molecule is CS(=O)(=O)N(CCNC(=O)C1CCC1)c1cccc(C(F)(F)F)c1. The standard InChI is InChI=1S/C15H19F3N2O3S/c1-24(22,23)20(9-8-19-14(21)11-4-2-5-11)13-7-3-6-12(10-13)15(16,17)18/h3,6-7,10-11H,2,4-5,8-9H2,1H3,(H,19,21). The number of nitrogens with one attached hydrogen (secondary N) is 1. The van der Waals surface area contributed by atoms with E-state index in [1.165, 1.54) is 6.07 Å². The number of amides is 1. The first-order chi connectivity index (χ1) is 11.1. The van der Waals surface area contributed by atoms with E-state index in [9.17, 15) is 26.4 Å². The normalized spacial score (nSPS) is 15.7. The maximum atomic E-state index is 12.8. The fourth-order valence-corrected chi connectivity index (χ4v) is 3.34. The minimum absolute atomic E-state index is 0.0368. The van der Waals surface area contributed by atoms with Gasteiger partial charge in [0.15, 0.2) is 0 Å². The van der Waals surface area contributed by atoms with Crippen molar-refractivity contribution in [3.63, 3.8) is 0 Å². The van der Waals surface area contributed by atoms with Gasteiger partial charge in [-0.05, 0) is 31.0 Å². The van der Waals surface area contributed by atoms with Crippen molar-refractivity contribution in [3.05, 3.63) is 29.8 Å². The molecule has 1 fully saturated rings. The van der Waals surface area contributed by atoms with Crippen molar-refractivity contribution in [1.29, 1.82) is 0 Å². The van der Waals surface area contributed by atoms with Crippen LogP contribution in [0.25, 0.3) is 0 Å². The molecule has 5 nitrogen and oxygen atoms in total. The van der Waals surface area contributed by atoms with Crippen molar-refractivity contribution in [1.82, 2.24) is 5.32 Å². The largest absolute Gasteiger partial charge is 0.416 e. The lowest BCUT2D eigenvalue weighted by atomic mass is 9.85. The highest BCUT2D eigenvalue weighted by Crippen LogP contribution is 2.32. The van der Waals surface area contributed by atoms with Gasteiger partial charge in [-0.2, -0.15) is 13.2 Å². The third-order valence-electron chi connectivity index (χ3n) is 3.95.